The van der Waals surface area contributed by atoms with E-state index in [0.29, 0.717) is 51.8 Å². The molecule has 212 valence electrons. The number of carbonyl (C=O) groups excluding carboxylic acids is 1. The van der Waals surface area contributed by atoms with Crippen LogP contribution in [0.4, 0.5) is 0 Å². The Balaban J connectivity index is 0. The van der Waals surface area contributed by atoms with Gasteiger partial charge in [0.15, 0.2) is 0 Å². The monoisotopic (exact) mass is 533 g/mol. The van der Waals surface area contributed by atoms with E-state index in [1.54, 1.807) is 30.7 Å². The fourth-order valence-electron chi connectivity index (χ4n) is 3.07. The zero-order chi connectivity index (χ0) is 29.7. The molecule has 0 fully saturated rings. The van der Waals surface area contributed by atoms with Gasteiger partial charge in [0.25, 0.3) is 0 Å². The zero-order valence-electron chi connectivity index (χ0n) is 24.0. The van der Waals surface area contributed by atoms with Crippen molar-refractivity contribution in [1.82, 2.24) is 14.7 Å². The third kappa shape index (κ3) is 18.2. The van der Waals surface area contributed by atoms with E-state index in [9.17, 15) is 19.0 Å². The molecule has 0 spiro atoms. The van der Waals surface area contributed by atoms with Gasteiger partial charge in [-0.1, -0.05) is 0 Å². The molecule has 0 aromatic heterocycles. The number of aliphatic carboxylic acids is 1. The van der Waals surface area contributed by atoms with Crippen LogP contribution in [0.5, 0.6) is 0 Å². The van der Waals surface area contributed by atoms with E-state index >= 15 is 0 Å². The number of carboxylic acids is 1. The van der Waals surface area contributed by atoms with Gasteiger partial charge in [0.1, 0.15) is 0 Å². The Morgan fingerprint density at radius 3 is 1.82 bits per heavy atom. The molecule has 0 aromatic carbocycles. The Morgan fingerprint density at radius 2 is 1.39 bits per heavy atom. The Labute approximate surface area is 228 Å². The summed E-state index contributed by atoms with van der Waals surface area (Å²) in [6.45, 7) is 8.83. The number of nitrogens with one attached hydrogen (secondary N) is 2. The second-order valence-corrected chi connectivity index (χ2v) is 9.14. The molecule has 12 nitrogen and oxygen atoms in total. The first-order valence-corrected chi connectivity index (χ1v) is 12.8. The molecule has 0 aliphatic heterocycles. The fraction of sp³-hybridized carbons (Fsp3) is 0.750. The van der Waals surface area contributed by atoms with Crippen molar-refractivity contribution in [2.45, 2.75) is 84.3 Å². The van der Waals surface area contributed by atoms with Crippen LogP contribution < -0.4 is 0 Å². The average molecular weight is 533 g/mol. The fourth-order valence-corrected chi connectivity index (χ4v) is 3.07. The molecule has 0 saturated carbocycles. The molecule has 38 heavy (non-hydrogen) atoms. The van der Waals surface area contributed by atoms with Crippen LogP contribution in [0.3, 0.4) is 0 Å². The van der Waals surface area contributed by atoms with E-state index in [1.165, 1.54) is 6.11 Å². The molecule has 0 heterocycles. The summed E-state index contributed by atoms with van der Waals surface area (Å²) < 4.78 is 20.5. The maximum absolute atomic E-state index is 12.2. The van der Waals surface area contributed by atoms with Crippen LogP contribution >= 0.6 is 0 Å². The van der Waals surface area contributed by atoms with Gasteiger partial charge >= 0.3 is 228 Å². The average Bonchev–Trinajstić information content (AvgIpc) is 2.87. The second kappa shape index (κ2) is 22.0. The van der Waals surface area contributed by atoms with Crippen LogP contribution in [0.15, 0.2) is 9.98 Å². The molecule has 0 aromatic rings. The summed E-state index contributed by atoms with van der Waals surface area (Å²) in [6, 6.07) is -0.844. The van der Waals surface area contributed by atoms with E-state index < -0.39 is 12.0 Å². The van der Waals surface area contributed by atoms with Crippen molar-refractivity contribution in [3.05, 3.63) is 0 Å². The van der Waals surface area contributed by atoms with Crippen LogP contribution in [0.1, 0.15) is 66.2 Å². The summed E-state index contributed by atoms with van der Waals surface area (Å²) in [5.74, 6) is -0.0323. The first kappa shape index (κ1) is 37.1. The van der Waals surface area contributed by atoms with E-state index in [-0.39, 0.29) is 18.0 Å². The van der Waals surface area contributed by atoms with Gasteiger partial charge in [0.05, 0.1) is 0 Å². The first-order valence-electron chi connectivity index (χ1n) is 12.8. The van der Waals surface area contributed by atoms with Crippen molar-refractivity contribution in [2.75, 3.05) is 34.2 Å². The number of aliphatic imine (C=N–C) groups is 2. The molecule has 3 unspecified atom stereocenters. The van der Waals surface area contributed by atoms with Crippen molar-refractivity contribution >= 4 is 50.1 Å². The van der Waals surface area contributed by atoms with Crippen LogP contribution in [-0.4, -0.2) is 122 Å². The van der Waals surface area contributed by atoms with Crippen molar-refractivity contribution < 1.29 is 24.1 Å². The van der Waals surface area contributed by atoms with Gasteiger partial charge in [-0.15, -0.1) is 0 Å². The first-order chi connectivity index (χ1) is 17.8. The summed E-state index contributed by atoms with van der Waals surface area (Å²) in [5, 5.41) is 23.6. The van der Waals surface area contributed by atoms with Crippen LogP contribution in [0, 0.1) is 10.8 Å². The Morgan fingerprint density at radius 1 is 0.921 bits per heavy atom. The summed E-state index contributed by atoms with van der Waals surface area (Å²) in [6.07, 6.45) is 5.94. The molecule has 0 bridgehead atoms. The molecule has 1 amide bonds. The van der Waals surface area contributed by atoms with Gasteiger partial charge in [-0.3, -0.25) is 0 Å². The third-order valence-corrected chi connectivity index (χ3v) is 6.17. The Kier molecular flexibility index (Phi) is 21.5. The number of carbonyl (C=O) groups is 2. The number of rotatable bonds is 17. The summed E-state index contributed by atoms with van der Waals surface area (Å²) in [4.78, 5) is 36.1. The number of hydrogen-bond donors (Lipinski definition) is 3. The summed E-state index contributed by atoms with van der Waals surface area (Å²) in [7, 11) is 6.55. The molecule has 3 N–H and O–H groups in total. The van der Waals surface area contributed by atoms with Crippen molar-refractivity contribution in [2.24, 2.45) is 9.98 Å². The topological polar surface area (TPSA) is 171 Å². The summed E-state index contributed by atoms with van der Waals surface area (Å²) >= 11 is 0. The molecular weight excluding hydrogens is 488 g/mol. The number of amidine groups is 2. The predicted molar refractivity (Wildman–Crippen MR) is 153 cm³/mol. The standard InChI is InChI=1S/C15H29BN4O2.C9H16BN3O3/c1-6-12(2)20(5)15(21)10-14(18-11-16-22)8-7-9-19(4)13(3)17;1-7(11)13(2)5-3-4-8(9(14)15)12-6-10-16/h11-12,14,17H,6-10H2,1-5H3;6,8,11H,3-5H2,1-2H3,(H,14,15). The number of carboxylic acid groups (broad SMARTS) is 1. The third-order valence-electron chi connectivity index (χ3n) is 6.17. The van der Waals surface area contributed by atoms with E-state index in [0.717, 1.165) is 31.9 Å². The maximum atomic E-state index is 12.2. The van der Waals surface area contributed by atoms with Crippen molar-refractivity contribution in [1.29, 1.82) is 10.8 Å². The molecule has 3 atom stereocenters. The normalized spacial score (nSPS) is 12.9. The Bertz CT molecular complexity index is 826. The molecular formula is C24H45B2N7O5. The molecule has 0 aliphatic carbocycles. The zero-order valence-corrected chi connectivity index (χ0v) is 24.0. The van der Waals surface area contributed by atoms with Crippen molar-refractivity contribution in [3.8, 4) is 0 Å². The van der Waals surface area contributed by atoms with Gasteiger partial charge in [0, 0.05) is 0 Å². The van der Waals surface area contributed by atoms with Crippen LogP contribution in [-0.2, 0) is 19.0 Å². The molecule has 0 saturated heterocycles. The van der Waals surface area contributed by atoms with Crippen LogP contribution in [0.2, 0.25) is 0 Å². The van der Waals surface area contributed by atoms with E-state index in [2.05, 4.69) is 9.98 Å². The van der Waals surface area contributed by atoms with Gasteiger partial charge in [0.2, 0.25) is 0 Å². The molecule has 14 heteroatoms. The number of amides is 1. The number of nitrogens with zero attached hydrogens (tertiary/aromatic N) is 5. The van der Waals surface area contributed by atoms with Crippen molar-refractivity contribution in [3.63, 3.8) is 0 Å². The minimum atomic E-state index is -1.03. The Hall–Kier alpha value is -3.05. The van der Waals surface area contributed by atoms with E-state index in [4.69, 9.17) is 15.9 Å². The quantitative estimate of drug-likeness (QED) is 0.146. The predicted octanol–water partition coefficient (Wildman–Crippen LogP) is 2.02. The molecule has 0 radical (unpaired) electrons. The SMILES string of the molecule is CC(=N)N(C)CCCC(N=CB=O)C(=O)O.CCC(C)N(C)C(=O)CC(CCCN(C)C(C)=N)N=CB=O. The molecule has 0 aliphatic rings. The van der Waals surface area contributed by atoms with Gasteiger partial charge < -0.3 is 0 Å². The van der Waals surface area contributed by atoms with Gasteiger partial charge in [-0.05, 0) is 0 Å². The van der Waals surface area contributed by atoms with Gasteiger partial charge in [-0.2, -0.15) is 0 Å². The summed E-state index contributed by atoms with van der Waals surface area (Å²) in [5.41, 5.74) is 0. The van der Waals surface area contributed by atoms with Crippen LogP contribution in [0.25, 0.3) is 0 Å². The number of hydrogen-bond acceptors (Lipinski definition) is 8. The second-order valence-electron chi connectivity index (χ2n) is 9.14. The van der Waals surface area contributed by atoms with E-state index in [1.807, 2.05) is 32.8 Å². The minimum absolute atomic E-state index is 0.0546. The molecule has 0 rings (SSSR count). The van der Waals surface area contributed by atoms with Gasteiger partial charge in [-0.25, -0.2) is 0 Å².